The minimum atomic E-state index is -0.327. The summed E-state index contributed by atoms with van der Waals surface area (Å²) in [5.74, 6) is 0.994. The van der Waals surface area contributed by atoms with E-state index in [2.05, 4.69) is 20.7 Å². The minimum Gasteiger partial charge on any atom is -0.497 e. The molecule has 24 heavy (non-hydrogen) atoms. The molecule has 0 aliphatic carbocycles. The number of carbonyl (C=O) groups is 1. The lowest BCUT2D eigenvalue weighted by Gasteiger charge is -2.02. The molecule has 0 bridgehead atoms. The SMILES string of the molecule is COc1ccc(-c2[nH]ncc2C=NNC(=O)c2ccoc2C)cc1. The summed E-state index contributed by atoms with van der Waals surface area (Å²) in [6.07, 6.45) is 4.64. The van der Waals surface area contributed by atoms with Gasteiger partial charge < -0.3 is 9.15 Å². The Labute approximate surface area is 138 Å². The van der Waals surface area contributed by atoms with Crippen molar-refractivity contribution >= 4 is 12.1 Å². The number of furan rings is 1. The Bertz CT molecular complexity index is 862. The third-order valence-corrected chi connectivity index (χ3v) is 3.52. The molecule has 0 aliphatic heterocycles. The second-order valence-electron chi connectivity index (χ2n) is 5.02. The molecule has 122 valence electrons. The van der Waals surface area contributed by atoms with E-state index in [4.69, 9.17) is 9.15 Å². The molecule has 0 aliphatic rings. The average Bonchev–Trinajstić information content (AvgIpc) is 3.24. The van der Waals surface area contributed by atoms with Crippen molar-refractivity contribution in [2.45, 2.75) is 6.92 Å². The monoisotopic (exact) mass is 324 g/mol. The first-order chi connectivity index (χ1) is 11.7. The van der Waals surface area contributed by atoms with Gasteiger partial charge in [-0.2, -0.15) is 10.2 Å². The number of H-pyrrole nitrogens is 1. The lowest BCUT2D eigenvalue weighted by Crippen LogP contribution is -2.17. The summed E-state index contributed by atoms with van der Waals surface area (Å²) in [4.78, 5) is 12.0. The molecule has 2 N–H and O–H groups in total. The van der Waals surface area contributed by atoms with Crippen molar-refractivity contribution in [3.63, 3.8) is 0 Å². The van der Waals surface area contributed by atoms with Crippen LogP contribution in [0, 0.1) is 6.92 Å². The zero-order chi connectivity index (χ0) is 16.9. The van der Waals surface area contributed by atoms with Gasteiger partial charge in [0.15, 0.2) is 0 Å². The first kappa shape index (κ1) is 15.5. The number of hydrogen-bond donors (Lipinski definition) is 2. The summed E-state index contributed by atoms with van der Waals surface area (Å²) in [6, 6.07) is 9.15. The summed E-state index contributed by atoms with van der Waals surface area (Å²) in [5.41, 5.74) is 5.42. The zero-order valence-corrected chi connectivity index (χ0v) is 13.2. The number of nitrogens with zero attached hydrogens (tertiary/aromatic N) is 2. The van der Waals surface area contributed by atoms with Gasteiger partial charge in [0, 0.05) is 11.1 Å². The largest absolute Gasteiger partial charge is 0.497 e. The number of nitrogens with one attached hydrogen (secondary N) is 2. The van der Waals surface area contributed by atoms with Crippen molar-refractivity contribution in [1.29, 1.82) is 0 Å². The fourth-order valence-electron chi connectivity index (χ4n) is 2.22. The number of rotatable bonds is 5. The van der Waals surface area contributed by atoms with Crippen LogP contribution in [0.15, 0.2) is 52.3 Å². The molecule has 0 fully saturated rings. The van der Waals surface area contributed by atoms with Crippen LogP contribution in [0.2, 0.25) is 0 Å². The number of hydrazone groups is 1. The highest BCUT2D eigenvalue weighted by molar-refractivity contribution is 5.96. The van der Waals surface area contributed by atoms with Gasteiger partial charge in [-0.15, -0.1) is 0 Å². The highest BCUT2D eigenvalue weighted by atomic mass is 16.5. The van der Waals surface area contributed by atoms with Crippen LogP contribution in [-0.4, -0.2) is 29.4 Å². The van der Waals surface area contributed by atoms with Crippen LogP contribution in [0.4, 0.5) is 0 Å². The summed E-state index contributed by atoms with van der Waals surface area (Å²) >= 11 is 0. The van der Waals surface area contributed by atoms with Gasteiger partial charge in [-0.1, -0.05) is 0 Å². The normalized spacial score (nSPS) is 10.9. The predicted molar refractivity (Wildman–Crippen MR) is 89.1 cm³/mol. The van der Waals surface area contributed by atoms with Crippen LogP contribution in [0.25, 0.3) is 11.3 Å². The second kappa shape index (κ2) is 6.82. The number of amides is 1. The van der Waals surface area contributed by atoms with Crippen molar-refractivity contribution in [2.75, 3.05) is 7.11 Å². The molecule has 7 heteroatoms. The minimum absolute atomic E-state index is 0.327. The van der Waals surface area contributed by atoms with E-state index in [9.17, 15) is 4.79 Å². The predicted octanol–water partition coefficient (Wildman–Crippen LogP) is 2.75. The molecule has 0 radical (unpaired) electrons. The first-order valence-corrected chi connectivity index (χ1v) is 7.24. The summed E-state index contributed by atoms with van der Waals surface area (Å²) in [5, 5.41) is 10.9. The lowest BCUT2D eigenvalue weighted by molar-refractivity contribution is 0.0953. The molecular weight excluding hydrogens is 308 g/mol. The zero-order valence-electron chi connectivity index (χ0n) is 13.2. The third kappa shape index (κ3) is 3.19. The standard InChI is InChI=1S/C17H16N4O3/c1-11-15(7-8-24-11)17(22)21-19-10-13-9-18-20-16(13)12-3-5-14(23-2)6-4-12/h3-10H,1-2H3,(H,18,20)(H,21,22). The van der Waals surface area contributed by atoms with Gasteiger partial charge in [-0.05, 0) is 37.3 Å². The van der Waals surface area contributed by atoms with E-state index < -0.39 is 0 Å². The van der Waals surface area contributed by atoms with Gasteiger partial charge in [0.05, 0.1) is 37.0 Å². The molecule has 0 saturated carbocycles. The van der Waals surface area contributed by atoms with Gasteiger partial charge in [-0.25, -0.2) is 5.43 Å². The number of aromatic nitrogens is 2. The van der Waals surface area contributed by atoms with Gasteiger partial charge >= 0.3 is 0 Å². The smallest absolute Gasteiger partial charge is 0.274 e. The number of benzene rings is 1. The maximum atomic E-state index is 12.0. The number of hydrogen-bond acceptors (Lipinski definition) is 5. The van der Waals surface area contributed by atoms with E-state index >= 15 is 0 Å². The van der Waals surface area contributed by atoms with E-state index in [0.717, 1.165) is 22.6 Å². The van der Waals surface area contributed by atoms with E-state index in [1.807, 2.05) is 24.3 Å². The number of methoxy groups -OCH3 is 1. The summed E-state index contributed by atoms with van der Waals surface area (Å²) in [7, 11) is 1.62. The van der Waals surface area contributed by atoms with Gasteiger partial charge in [0.1, 0.15) is 11.5 Å². The highest BCUT2D eigenvalue weighted by Crippen LogP contribution is 2.22. The topological polar surface area (TPSA) is 92.5 Å². The Hall–Kier alpha value is -3.35. The van der Waals surface area contributed by atoms with Crippen LogP contribution < -0.4 is 10.2 Å². The molecule has 7 nitrogen and oxygen atoms in total. The Morgan fingerprint density at radius 2 is 2.12 bits per heavy atom. The number of ether oxygens (including phenoxy) is 1. The maximum absolute atomic E-state index is 12.0. The maximum Gasteiger partial charge on any atom is 0.274 e. The number of aromatic amines is 1. The molecule has 2 aromatic heterocycles. The molecule has 1 amide bonds. The molecule has 0 unspecified atom stereocenters. The Morgan fingerprint density at radius 1 is 1.33 bits per heavy atom. The van der Waals surface area contributed by atoms with Gasteiger partial charge in [0.2, 0.25) is 0 Å². The molecule has 3 aromatic rings. The Kier molecular flexibility index (Phi) is 4.42. The van der Waals surface area contributed by atoms with Crippen molar-refractivity contribution in [1.82, 2.24) is 15.6 Å². The summed E-state index contributed by atoms with van der Waals surface area (Å²) in [6.45, 7) is 1.72. The highest BCUT2D eigenvalue weighted by Gasteiger charge is 2.10. The average molecular weight is 324 g/mol. The Morgan fingerprint density at radius 3 is 2.79 bits per heavy atom. The van der Waals surface area contributed by atoms with Crippen LogP contribution in [0.1, 0.15) is 21.7 Å². The van der Waals surface area contributed by atoms with Crippen LogP contribution >= 0.6 is 0 Å². The number of carbonyl (C=O) groups excluding carboxylic acids is 1. The van der Waals surface area contributed by atoms with Gasteiger partial charge in [-0.3, -0.25) is 9.89 Å². The van der Waals surface area contributed by atoms with Crippen LogP contribution in [-0.2, 0) is 0 Å². The molecule has 0 saturated heterocycles. The van der Waals surface area contributed by atoms with E-state index in [-0.39, 0.29) is 5.91 Å². The van der Waals surface area contributed by atoms with Crippen LogP contribution in [0.5, 0.6) is 5.75 Å². The summed E-state index contributed by atoms with van der Waals surface area (Å²) < 4.78 is 10.2. The van der Waals surface area contributed by atoms with Crippen molar-refractivity contribution in [3.05, 3.63) is 59.7 Å². The van der Waals surface area contributed by atoms with E-state index in [0.29, 0.717) is 11.3 Å². The lowest BCUT2D eigenvalue weighted by atomic mass is 10.1. The third-order valence-electron chi connectivity index (χ3n) is 3.52. The molecular formula is C17H16N4O3. The molecule has 2 heterocycles. The van der Waals surface area contributed by atoms with Crippen molar-refractivity contribution in [3.8, 4) is 17.0 Å². The van der Waals surface area contributed by atoms with E-state index in [1.54, 1.807) is 26.3 Å². The Balaban J connectivity index is 1.73. The molecule has 0 spiro atoms. The first-order valence-electron chi connectivity index (χ1n) is 7.24. The van der Waals surface area contributed by atoms with Crippen LogP contribution in [0.3, 0.4) is 0 Å². The fourth-order valence-corrected chi connectivity index (χ4v) is 2.22. The van der Waals surface area contributed by atoms with E-state index in [1.165, 1.54) is 12.5 Å². The number of aryl methyl sites for hydroxylation is 1. The molecule has 1 aromatic carbocycles. The quantitative estimate of drug-likeness (QED) is 0.557. The fraction of sp³-hybridized carbons (Fsp3) is 0.118. The molecule has 3 rings (SSSR count). The molecule has 0 atom stereocenters. The van der Waals surface area contributed by atoms with Gasteiger partial charge in [0.25, 0.3) is 5.91 Å². The van der Waals surface area contributed by atoms with Crippen molar-refractivity contribution in [2.24, 2.45) is 5.10 Å². The van der Waals surface area contributed by atoms with Crippen molar-refractivity contribution < 1.29 is 13.9 Å². The second-order valence-corrected chi connectivity index (χ2v) is 5.02.